The molecule has 0 saturated carbocycles. The molecule has 2 unspecified atom stereocenters. The summed E-state index contributed by atoms with van der Waals surface area (Å²) < 4.78 is 12.0. The van der Waals surface area contributed by atoms with Gasteiger partial charge in [0.1, 0.15) is 24.7 Å². The molecule has 2 atom stereocenters. The summed E-state index contributed by atoms with van der Waals surface area (Å²) in [4.78, 5) is 40.5. The van der Waals surface area contributed by atoms with Gasteiger partial charge in [-0.3, -0.25) is 14.5 Å². The Bertz CT molecular complexity index is 1360. The molecule has 3 aromatic rings. The number of benzene rings is 3. The number of aldehydes is 1. The third-order valence-electron chi connectivity index (χ3n) is 8.41. The van der Waals surface area contributed by atoms with Crippen LogP contribution in [0.3, 0.4) is 0 Å². The van der Waals surface area contributed by atoms with Gasteiger partial charge in [0.15, 0.2) is 5.54 Å². The van der Waals surface area contributed by atoms with Gasteiger partial charge in [0.2, 0.25) is 0 Å². The number of carbonyl (C=O) groups excluding carboxylic acids is 3. The SMILES string of the molecule is O=Cc1ccc(COc2ccc(C(=O)NC3(C(=O)OC4CN5CCC4CC5)CCc4ccccc43)cc2)cc1. The first-order chi connectivity index (χ1) is 19.0. The Balaban J connectivity index is 1.17. The zero-order valence-electron chi connectivity index (χ0n) is 21.8. The first-order valence-electron chi connectivity index (χ1n) is 13.7. The summed E-state index contributed by atoms with van der Waals surface area (Å²) in [6.07, 6.45) is 3.94. The Labute approximate surface area is 228 Å². The lowest BCUT2D eigenvalue weighted by molar-refractivity contribution is -0.167. The van der Waals surface area contributed by atoms with Crippen molar-refractivity contribution < 1.29 is 23.9 Å². The highest BCUT2D eigenvalue weighted by Gasteiger charge is 2.50. The van der Waals surface area contributed by atoms with E-state index in [0.29, 0.717) is 42.2 Å². The molecule has 7 rings (SSSR count). The second kappa shape index (κ2) is 10.7. The smallest absolute Gasteiger partial charge is 0.336 e. The molecule has 0 aromatic heterocycles. The van der Waals surface area contributed by atoms with Crippen molar-refractivity contribution in [2.75, 3.05) is 19.6 Å². The average molecular weight is 525 g/mol. The molecule has 3 aliphatic heterocycles. The maximum atomic E-state index is 13.9. The summed E-state index contributed by atoms with van der Waals surface area (Å²) in [6.45, 7) is 3.24. The van der Waals surface area contributed by atoms with Crippen LogP contribution in [-0.2, 0) is 28.1 Å². The van der Waals surface area contributed by atoms with Crippen molar-refractivity contribution in [2.45, 2.75) is 43.9 Å². The number of fused-ring (bicyclic) bond motifs is 4. The predicted octanol–water partition coefficient (Wildman–Crippen LogP) is 4.29. The maximum absolute atomic E-state index is 13.9. The lowest BCUT2D eigenvalue weighted by Gasteiger charge is -2.45. The molecule has 0 radical (unpaired) electrons. The number of aryl methyl sites for hydroxylation is 1. The van der Waals surface area contributed by atoms with Crippen molar-refractivity contribution in [1.82, 2.24) is 10.2 Å². The van der Waals surface area contributed by atoms with E-state index in [9.17, 15) is 14.4 Å². The minimum atomic E-state index is -1.21. The molecule has 1 amide bonds. The Kier molecular flexibility index (Phi) is 6.92. The van der Waals surface area contributed by atoms with E-state index < -0.39 is 5.54 Å². The van der Waals surface area contributed by atoms with Crippen molar-refractivity contribution >= 4 is 18.2 Å². The van der Waals surface area contributed by atoms with Crippen molar-refractivity contribution in [3.8, 4) is 5.75 Å². The highest BCUT2D eigenvalue weighted by atomic mass is 16.5. The topological polar surface area (TPSA) is 84.9 Å². The number of amides is 1. The van der Waals surface area contributed by atoms with Crippen LogP contribution in [0.25, 0.3) is 0 Å². The normalized spacial score (nSPS) is 25.0. The monoisotopic (exact) mass is 524 g/mol. The van der Waals surface area contributed by atoms with E-state index in [1.807, 2.05) is 36.4 Å². The number of rotatable bonds is 8. The lowest BCUT2D eigenvalue weighted by Crippen LogP contribution is -2.56. The molecule has 1 N–H and O–H groups in total. The number of hydrogen-bond acceptors (Lipinski definition) is 6. The van der Waals surface area contributed by atoms with Gasteiger partial charge in [0, 0.05) is 17.7 Å². The molecule has 200 valence electrons. The van der Waals surface area contributed by atoms with Gasteiger partial charge >= 0.3 is 5.97 Å². The van der Waals surface area contributed by atoms with Crippen LogP contribution >= 0.6 is 0 Å². The number of nitrogens with one attached hydrogen (secondary N) is 1. The zero-order valence-corrected chi connectivity index (χ0v) is 21.8. The van der Waals surface area contributed by atoms with E-state index in [1.165, 1.54) is 0 Å². The van der Waals surface area contributed by atoms with Crippen LogP contribution in [0.4, 0.5) is 0 Å². The molecular weight excluding hydrogens is 492 g/mol. The van der Waals surface area contributed by atoms with E-state index in [1.54, 1.807) is 36.4 Å². The molecule has 3 aromatic carbocycles. The third-order valence-corrected chi connectivity index (χ3v) is 8.41. The van der Waals surface area contributed by atoms with Crippen molar-refractivity contribution in [3.05, 3.63) is 101 Å². The summed E-state index contributed by atoms with van der Waals surface area (Å²) in [5, 5.41) is 3.09. The van der Waals surface area contributed by atoms with Crippen LogP contribution in [0, 0.1) is 5.92 Å². The van der Waals surface area contributed by atoms with Crippen molar-refractivity contribution in [3.63, 3.8) is 0 Å². The van der Waals surface area contributed by atoms with Crippen LogP contribution in [0.2, 0.25) is 0 Å². The van der Waals surface area contributed by atoms with Crippen LogP contribution in [0.1, 0.15) is 56.7 Å². The Morgan fingerprint density at radius 1 is 0.974 bits per heavy atom. The first kappa shape index (κ1) is 25.3. The molecule has 0 spiro atoms. The number of esters is 1. The highest BCUT2D eigenvalue weighted by Crippen LogP contribution is 2.40. The van der Waals surface area contributed by atoms with Crippen LogP contribution < -0.4 is 10.1 Å². The number of nitrogens with zero attached hydrogens (tertiary/aromatic N) is 1. The van der Waals surface area contributed by atoms with E-state index in [4.69, 9.17) is 9.47 Å². The molecule has 4 aliphatic rings. The molecule has 7 heteroatoms. The summed E-state index contributed by atoms with van der Waals surface area (Å²) in [7, 11) is 0. The van der Waals surface area contributed by atoms with Gasteiger partial charge in [-0.15, -0.1) is 0 Å². The summed E-state index contributed by atoms with van der Waals surface area (Å²) in [5.74, 6) is 0.321. The number of hydrogen-bond donors (Lipinski definition) is 1. The standard InChI is InChI=1S/C32H32N2O5/c35-20-22-5-7-23(8-6-22)21-38-27-11-9-26(10-12-27)30(36)33-32(16-13-24-3-1-2-4-28(24)32)31(37)39-29-19-34-17-14-25(29)15-18-34/h1-12,20,25,29H,13-19,21H2,(H,33,36). The Morgan fingerprint density at radius 2 is 1.72 bits per heavy atom. The fourth-order valence-electron chi connectivity index (χ4n) is 6.11. The summed E-state index contributed by atoms with van der Waals surface area (Å²) >= 11 is 0. The van der Waals surface area contributed by atoms with E-state index >= 15 is 0 Å². The average Bonchev–Trinajstić information content (AvgIpc) is 3.36. The number of carbonyl (C=O) groups is 3. The Hall–Kier alpha value is -3.97. The molecule has 1 aliphatic carbocycles. The minimum absolute atomic E-state index is 0.132. The lowest BCUT2D eigenvalue weighted by atomic mass is 9.85. The van der Waals surface area contributed by atoms with E-state index in [-0.39, 0.29) is 18.0 Å². The fourth-order valence-corrected chi connectivity index (χ4v) is 6.11. The fraction of sp³-hybridized carbons (Fsp3) is 0.344. The largest absolute Gasteiger partial charge is 0.489 e. The van der Waals surface area contributed by atoms with Gasteiger partial charge in [-0.05, 0) is 85.6 Å². The van der Waals surface area contributed by atoms with Gasteiger partial charge in [-0.2, -0.15) is 0 Å². The van der Waals surface area contributed by atoms with Crippen molar-refractivity contribution in [1.29, 1.82) is 0 Å². The van der Waals surface area contributed by atoms with E-state index in [2.05, 4.69) is 10.2 Å². The van der Waals surface area contributed by atoms with Gasteiger partial charge < -0.3 is 14.8 Å². The molecular formula is C32H32N2O5. The molecule has 3 heterocycles. The van der Waals surface area contributed by atoms with Gasteiger partial charge in [0.25, 0.3) is 5.91 Å². The Morgan fingerprint density at radius 3 is 2.41 bits per heavy atom. The van der Waals surface area contributed by atoms with Crippen LogP contribution in [-0.4, -0.2) is 48.8 Å². The number of piperidine rings is 3. The molecule has 7 nitrogen and oxygen atoms in total. The van der Waals surface area contributed by atoms with Crippen LogP contribution in [0.5, 0.6) is 5.75 Å². The third kappa shape index (κ3) is 5.06. The second-order valence-corrected chi connectivity index (χ2v) is 10.8. The van der Waals surface area contributed by atoms with Gasteiger partial charge in [-0.25, -0.2) is 4.79 Å². The van der Waals surface area contributed by atoms with E-state index in [0.717, 1.165) is 55.5 Å². The highest BCUT2D eigenvalue weighted by molar-refractivity contribution is 5.99. The summed E-state index contributed by atoms with van der Waals surface area (Å²) in [5.41, 5.74) is 2.67. The summed E-state index contributed by atoms with van der Waals surface area (Å²) in [6, 6.07) is 21.9. The van der Waals surface area contributed by atoms with Crippen LogP contribution in [0.15, 0.2) is 72.8 Å². The molecule has 3 fully saturated rings. The molecule has 39 heavy (non-hydrogen) atoms. The first-order valence-corrected chi connectivity index (χ1v) is 13.7. The number of ether oxygens (including phenoxy) is 2. The maximum Gasteiger partial charge on any atom is 0.336 e. The second-order valence-electron chi connectivity index (χ2n) is 10.8. The molecule has 3 saturated heterocycles. The van der Waals surface area contributed by atoms with Gasteiger partial charge in [0.05, 0.1) is 0 Å². The zero-order chi connectivity index (χ0) is 26.8. The predicted molar refractivity (Wildman–Crippen MR) is 146 cm³/mol. The quantitative estimate of drug-likeness (QED) is 0.350. The molecule has 2 bridgehead atoms. The van der Waals surface area contributed by atoms with Crippen molar-refractivity contribution in [2.24, 2.45) is 5.92 Å². The minimum Gasteiger partial charge on any atom is -0.489 e. The van der Waals surface area contributed by atoms with Gasteiger partial charge in [-0.1, -0.05) is 48.5 Å².